The smallest absolute Gasteiger partial charge is 0.139 e. The molecule has 0 aliphatic carbocycles. The second-order valence-electron chi connectivity index (χ2n) is 2.13. The molecule has 0 atom stereocenters. The van der Waals surface area contributed by atoms with Gasteiger partial charge in [-0.15, -0.1) is 0 Å². The first kappa shape index (κ1) is 9.07. The van der Waals surface area contributed by atoms with E-state index in [1.165, 1.54) is 0 Å². The summed E-state index contributed by atoms with van der Waals surface area (Å²) in [4.78, 5) is 4.75. The number of halogens is 1. The van der Waals surface area contributed by atoms with Crippen molar-refractivity contribution in [2.24, 2.45) is 5.16 Å². The van der Waals surface area contributed by atoms with Gasteiger partial charge in [-0.2, -0.15) is 0 Å². The van der Waals surface area contributed by atoms with Crippen LogP contribution < -0.4 is 0 Å². The number of hydrogen-bond donors (Lipinski definition) is 0. The highest BCUT2D eigenvalue weighted by Crippen LogP contribution is 2.07. The van der Waals surface area contributed by atoms with Gasteiger partial charge in [0.05, 0.1) is 0 Å². The minimum atomic E-state index is 0.556. The van der Waals surface area contributed by atoms with Gasteiger partial charge >= 0.3 is 0 Å². The second-order valence-corrected chi connectivity index (χ2v) is 2.56. The van der Waals surface area contributed by atoms with Gasteiger partial charge in [0.2, 0.25) is 0 Å². The van der Waals surface area contributed by atoms with Crippen LogP contribution in [0.4, 0.5) is 0 Å². The highest BCUT2D eigenvalue weighted by atomic mass is 35.5. The number of hydrogen-bond acceptors (Lipinski definition) is 2. The molecule has 12 heavy (non-hydrogen) atoms. The molecule has 1 radical (unpaired) electrons. The van der Waals surface area contributed by atoms with Crippen molar-refractivity contribution in [3.8, 4) is 0 Å². The van der Waals surface area contributed by atoms with Gasteiger partial charge in [-0.3, -0.25) is 0 Å². The molecule has 0 heterocycles. The van der Waals surface area contributed by atoms with Crippen LogP contribution in [0.2, 0.25) is 5.02 Å². The van der Waals surface area contributed by atoms with E-state index < -0.39 is 0 Å². The molecule has 1 rings (SSSR count). The third-order valence-electron chi connectivity index (χ3n) is 1.21. The van der Waals surface area contributed by atoms with E-state index in [0.29, 0.717) is 11.6 Å². The van der Waals surface area contributed by atoms with Crippen molar-refractivity contribution >= 4 is 17.8 Å². The first-order valence-corrected chi connectivity index (χ1v) is 4.04. The quantitative estimate of drug-likeness (QED) is 0.520. The van der Waals surface area contributed by atoms with Gasteiger partial charge in [0.15, 0.2) is 0 Å². The van der Waals surface area contributed by atoms with Crippen molar-refractivity contribution in [1.82, 2.24) is 0 Å². The number of nitrogens with zero attached hydrogens (tertiary/aromatic N) is 1. The Hall–Kier alpha value is -1.02. The van der Waals surface area contributed by atoms with Gasteiger partial charge in [-0.05, 0) is 19.1 Å². The van der Waals surface area contributed by atoms with E-state index >= 15 is 0 Å². The Morgan fingerprint density at radius 1 is 1.42 bits per heavy atom. The van der Waals surface area contributed by atoms with Crippen LogP contribution in [-0.4, -0.2) is 12.8 Å². The highest BCUT2D eigenvalue weighted by Gasteiger charge is 1.88. The van der Waals surface area contributed by atoms with Gasteiger partial charge < -0.3 is 4.84 Å². The average Bonchev–Trinajstić information content (AvgIpc) is 2.09. The van der Waals surface area contributed by atoms with Crippen LogP contribution in [0.15, 0.2) is 29.4 Å². The Bertz CT molecular complexity index is 256. The van der Waals surface area contributed by atoms with Gasteiger partial charge in [0, 0.05) is 10.6 Å². The minimum Gasteiger partial charge on any atom is -0.396 e. The third-order valence-corrected chi connectivity index (χ3v) is 1.46. The molecule has 0 aromatic heterocycles. The maximum Gasteiger partial charge on any atom is 0.139 e. The SMILES string of the molecule is CCO/N=[C]\c1ccc(Cl)cc1. The van der Waals surface area contributed by atoms with E-state index in [1.54, 1.807) is 12.1 Å². The Morgan fingerprint density at radius 3 is 2.67 bits per heavy atom. The molecular formula is C9H9ClNO. The third kappa shape index (κ3) is 2.93. The van der Waals surface area contributed by atoms with Crippen LogP contribution in [0.25, 0.3) is 0 Å². The molecule has 0 bridgehead atoms. The fourth-order valence-electron chi connectivity index (χ4n) is 0.674. The Labute approximate surface area is 76.8 Å². The molecule has 63 valence electrons. The van der Waals surface area contributed by atoms with Crippen molar-refractivity contribution in [2.75, 3.05) is 6.61 Å². The Morgan fingerprint density at radius 2 is 2.08 bits per heavy atom. The summed E-state index contributed by atoms with van der Waals surface area (Å²) in [5.74, 6) is 0. The summed E-state index contributed by atoms with van der Waals surface area (Å²) in [6.07, 6.45) is 2.72. The lowest BCUT2D eigenvalue weighted by Gasteiger charge is -1.92. The molecule has 0 fully saturated rings. The molecule has 3 heteroatoms. The van der Waals surface area contributed by atoms with Crippen molar-refractivity contribution in [3.63, 3.8) is 0 Å². The first-order valence-electron chi connectivity index (χ1n) is 3.66. The normalized spacial score (nSPS) is 10.5. The largest absolute Gasteiger partial charge is 0.396 e. The number of benzene rings is 1. The topological polar surface area (TPSA) is 21.6 Å². The molecule has 0 spiro atoms. The second kappa shape index (κ2) is 4.78. The summed E-state index contributed by atoms with van der Waals surface area (Å²) in [5, 5.41) is 4.30. The zero-order valence-corrected chi connectivity index (χ0v) is 7.51. The molecule has 1 aromatic rings. The molecular weight excluding hydrogens is 174 g/mol. The summed E-state index contributed by atoms with van der Waals surface area (Å²) in [5.41, 5.74) is 0.854. The highest BCUT2D eigenvalue weighted by molar-refractivity contribution is 6.30. The summed E-state index contributed by atoms with van der Waals surface area (Å²) in [6, 6.07) is 7.21. The van der Waals surface area contributed by atoms with Crippen molar-refractivity contribution in [2.45, 2.75) is 6.92 Å². The van der Waals surface area contributed by atoms with Crippen LogP contribution >= 0.6 is 11.6 Å². The molecule has 0 saturated heterocycles. The predicted molar refractivity (Wildman–Crippen MR) is 49.6 cm³/mol. The summed E-state index contributed by atoms with van der Waals surface area (Å²) >= 11 is 5.68. The standard InChI is InChI=1S/C9H9ClNO/c1-2-12-11-7-8-3-5-9(10)6-4-8/h3-6H,2H2,1H3. The lowest BCUT2D eigenvalue weighted by molar-refractivity contribution is 0.160. The van der Waals surface area contributed by atoms with Crippen LogP contribution in [0.3, 0.4) is 0 Å². The summed E-state index contributed by atoms with van der Waals surface area (Å²) in [6.45, 7) is 2.42. The fraction of sp³-hybridized carbons (Fsp3) is 0.222. The predicted octanol–water partition coefficient (Wildman–Crippen LogP) is 2.59. The van der Waals surface area contributed by atoms with Gasteiger partial charge in [-0.25, -0.2) is 0 Å². The van der Waals surface area contributed by atoms with Gasteiger partial charge in [0.1, 0.15) is 12.8 Å². The zero-order valence-electron chi connectivity index (χ0n) is 6.75. The first-order chi connectivity index (χ1) is 5.83. The van der Waals surface area contributed by atoms with Gasteiger partial charge in [0.25, 0.3) is 0 Å². The molecule has 0 saturated carbocycles. The van der Waals surface area contributed by atoms with E-state index in [9.17, 15) is 0 Å². The molecule has 0 aliphatic rings. The maximum absolute atomic E-state index is 5.68. The molecule has 0 aliphatic heterocycles. The Balaban J connectivity index is 2.58. The van der Waals surface area contributed by atoms with Gasteiger partial charge in [-0.1, -0.05) is 28.9 Å². The Kier molecular flexibility index (Phi) is 3.61. The van der Waals surface area contributed by atoms with E-state index in [0.717, 1.165) is 5.56 Å². The van der Waals surface area contributed by atoms with E-state index in [-0.39, 0.29) is 0 Å². The molecule has 0 unspecified atom stereocenters. The minimum absolute atomic E-state index is 0.556. The monoisotopic (exact) mass is 182 g/mol. The average molecular weight is 183 g/mol. The van der Waals surface area contributed by atoms with Crippen LogP contribution in [0.1, 0.15) is 12.5 Å². The molecule has 0 amide bonds. The van der Waals surface area contributed by atoms with Crippen molar-refractivity contribution in [3.05, 3.63) is 34.9 Å². The lowest BCUT2D eigenvalue weighted by Crippen LogP contribution is -1.83. The summed E-state index contributed by atoms with van der Waals surface area (Å²) < 4.78 is 0. The molecule has 0 N–H and O–H groups in total. The number of rotatable bonds is 3. The van der Waals surface area contributed by atoms with E-state index in [2.05, 4.69) is 11.4 Å². The van der Waals surface area contributed by atoms with E-state index in [4.69, 9.17) is 16.4 Å². The lowest BCUT2D eigenvalue weighted by atomic mass is 10.2. The van der Waals surface area contributed by atoms with E-state index in [1.807, 2.05) is 19.1 Å². The van der Waals surface area contributed by atoms with Crippen molar-refractivity contribution in [1.29, 1.82) is 0 Å². The summed E-state index contributed by atoms with van der Waals surface area (Å²) in [7, 11) is 0. The van der Waals surface area contributed by atoms with Crippen LogP contribution in [0, 0.1) is 0 Å². The van der Waals surface area contributed by atoms with Crippen LogP contribution in [0.5, 0.6) is 0 Å². The maximum atomic E-state index is 5.68. The molecule has 2 nitrogen and oxygen atoms in total. The zero-order chi connectivity index (χ0) is 8.81. The van der Waals surface area contributed by atoms with Crippen LogP contribution in [-0.2, 0) is 4.84 Å². The molecule has 1 aromatic carbocycles. The van der Waals surface area contributed by atoms with Crippen molar-refractivity contribution < 1.29 is 4.84 Å². The fourth-order valence-corrected chi connectivity index (χ4v) is 0.800.